The fourth-order valence-corrected chi connectivity index (χ4v) is 3.33. The van der Waals surface area contributed by atoms with Crippen LogP contribution in [0.25, 0.3) is 0 Å². The molecule has 16 heavy (non-hydrogen) atoms. The van der Waals surface area contributed by atoms with Crippen LogP contribution in [-0.4, -0.2) is 11.0 Å². The van der Waals surface area contributed by atoms with Gasteiger partial charge in [0.05, 0.1) is 10.7 Å². The van der Waals surface area contributed by atoms with Gasteiger partial charge >= 0.3 is 0 Å². The summed E-state index contributed by atoms with van der Waals surface area (Å²) in [6, 6.07) is 0.272. The van der Waals surface area contributed by atoms with Crippen LogP contribution in [0.5, 0.6) is 0 Å². The van der Waals surface area contributed by atoms with Crippen molar-refractivity contribution in [1.29, 1.82) is 0 Å². The van der Waals surface area contributed by atoms with Gasteiger partial charge in [0.25, 0.3) is 0 Å². The van der Waals surface area contributed by atoms with Gasteiger partial charge in [0.2, 0.25) is 0 Å². The molecule has 0 aliphatic heterocycles. The van der Waals surface area contributed by atoms with Crippen LogP contribution in [0, 0.1) is 12.3 Å². The third kappa shape index (κ3) is 2.64. The number of thiazole rings is 1. The van der Waals surface area contributed by atoms with Crippen molar-refractivity contribution < 1.29 is 0 Å². The third-order valence-electron chi connectivity index (χ3n) is 3.99. The van der Waals surface area contributed by atoms with Crippen molar-refractivity contribution >= 4 is 11.3 Å². The Morgan fingerprint density at radius 3 is 2.69 bits per heavy atom. The predicted molar refractivity (Wildman–Crippen MR) is 69.7 cm³/mol. The van der Waals surface area contributed by atoms with E-state index in [0.717, 1.165) is 11.4 Å². The highest BCUT2D eigenvalue weighted by molar-refractivity contribution is 7.09. The second kappa shape index (κ2) is 4.84. The van der Waals surface area contributed by atoms with E-state index in [2.05, 4.69) is 24.2 Å². The van der Waals surface area contributed by atoms with Crippen LogP contribution >= 0.6 is 11.3 Å². The molecule has 2 nitrogen and oxygen atoms in total. The lowest BCUT2D eigenvalue weighted by molar-refractivity contribution is 0.168. The molecule has 1 aromatic heterocycles. The van der Waals surface area contributed by atoms with E-state index >= 15 is 0 Å². The Bertz CT molecular complexity index is 339. The lowest BCUT2D eigenvalue weighted by Gasteiger charge is -2.38. The summed E-state index contributed by atoms with van der Waals surface area (Å²) in [7, 11) is 0. The van der Waals surface area contributed by atoms with Crippen molar-refractivity contribution in [2.75, 3.05) is 0 Å². The molecular formula is C13H22N2S. The van der Waals surface area contributed by atoms with Crippen molar-refractivity contribution in [2.45, 2.75) is 58.4 Å². The molecular weight excluding hydrogens is 216 g/mol. The Morgan fingerprint density at radius 2 is 2.12 bits per heavy atom. The van der Waals surface area contributed by atoms with Crippen LogP contribution in [0.2, 0.25) is 0 Å². The van der Waals surface area contributed by atoms with Gasteiger partial charge in [-0.2, -0.15) is 0 Å². The smallest absolute Gasteiger partial charge is 0.0897 e. The van der Waals surface area contributed by atoms with E-state index < -0.39 is 0 Å². The first-order valence-electron chi connectivity index (χ1n) is 6.27. The molecule has 1 aliphatic rings. The van der Waals surface area contributed by atoms with E-state index in [0.29, 0.717) is 5.41 Å². The van der Waals surface area contributed by atoms with Crippen LogP contribution in [0.15, 0.2) is 5.38 Å². The minimum atomic E-state index is 0.272. The summed E-state index contributed by atoms with van der Waals surface area (Å²) < 4.78 is 0. The number of hydrogen-bond acceptors (Lipinski definition) is 3. The topological polar surface area (TPSA) is 38.9 Å². The van der Waals surface area contributed by atoms with Crippen molar-refractivity contribution in [2.24, 2.45) is 11.1 Å². The van der Waals surface area contributed by atoms with Crippen molar-refractivity contribution in [3.05, 3.63) is 16.1 Å². The van der Waals surface area contributed by atoms with E-state index in [1.807, 2.05) is 0 Å². The molecule has 1 unspecified atom stereocenters. The van der Waals surface area contributed by atoms with Gasteiger partial charge < -0.3 is 5.73 Å². The van der Waals surface area contributed by atoms with Crippen molar-refractivity contribution in [3.8, 4) is 0 Å². The Balaban J connectivity index is 1.98. The molecule has 0 bridgehead atoms. The summed E-state index contributed by atoms with van der Waals surface area (Å²) >= 11 is 1.73. The van der Waals surface area contributed by atoms with E-state index in [1.54, 1.807) is 11.3 Å². The number of aryl methyl sites for hydroxylation is 1. The Morgan fingerprint density at radius 1 is 1.44 bits per heavy atom. The van der Waals surface area contributed by atoms with E-state index in [9.17, 15) is 0 Å². The third-order valence-corrected chi connectivity index (χ3v) is 4.81. The molecule has 0 spiro atoms. The summed E-state index contributed by atoms with van der Waals surface area (Å²) in [5.41, 5.74) is 7.91. The number of nitrogens with two attached hydrogens (primary N) is 1. The zero-order valence-corrected chi connectivity index (χ0v) is 11.1. The lowest BCUT2D eigenvalue weighted by atomic mass is 9.70. The molecule has 2 rings (SSSR count). The number of aromatic nitrogens is 1. The zero-order valence-electron chi connectivity index (χ0n) is 10.3. The van der Waals surface area contributed by atoms with Crippen molar-refractivity contribution in [3.63, 3.8) is 0 Å². The normalized spacial score (nSPS) is 21.9. The lowest BCUT2D eigenvalue weighted by Crippen LogP contribution is -2.42. The first-order chi connectivity index (χ1) is 7.60. The summed E-state index contributed by atoms with van der Waals surface area (Å²) in [5, 5.41) is 3.30. The quantitative estimate of drug-likeness (QED) is 0.877. The monoisotopic (exact) mass is 238 g/mol. The maximum Gasteiger partial charge on any atom is 0.0897 e. The zero-order chi connectivity index (χ0) is 11.6. The Kier molecular flexibility index (Phi) is 3.65. The predicted octanol–water partition coefficient (Wildman–Crippen LogP) is 3.29. The minimum absolute atomic E-state index is 0.272. The molecule has 2 N–H and O–H groups in total. The maximum atomic E-state index is 6.39. The first kappa shape index (κ1) is 12.1. The first-order valence-corrected chi connectivity index (χ1v) is 7.15. The highest BCUT2D eigenvalue weighted by Gasteiger charge is 2.33. The van der Waals surface area contributed by atoms with Crippen LogP contribution in [0.3, 0.4) is 0 Å². The number of hydrogen-bond donors (Lipinski definition) is 1. The average molecular weight is 238 g/mol. The molecule has 0 saturated heterocycles. The van der Waals surface area contributed by atoms with Gasteiger partial charge in [0.15, 0.2) is 0 Å². The molecule has 0 radical (unpaired) electrons. The van der Waals surface area contributed by atoms with Gasteiger partial charge in [-0.05, 0) is 25.2 Å². The van der Waals surface area contributed by atoms with Crippen LogP contribution in [0.1, 0.15) is 49.7 Å². The second-order valence-corrected chi connectivity index (χ2v) is 6.45. The summed E-state index contributed by atoms with van der Waals surface area (Å²) in [6.07, 6.45) is 7.61. The van der Waals surface area contributed by atoms with Gasteiger partial charge in [-0.15, -0.1) is 11.3 Å². The summed E-state index contributed by atoms with van der Waals surface area (Å²) in [6.45, 7) is 4.41. The molecule has 1 fully saturated rings. The molecule has 0 amide bonds. The molecule has 1 atom stereocenters. The van der Waals surface area contributed by atoms with Gasteiger partial charge in [-0.1, -0.05) is 26.2 Å². The fourth-order valence-electron chi connectivity index (χ4n) is 2.70. The fraction of sp³-hybridized carbons (Fsp3) is 0.769. The van der Waals surface area contributed by atoms with Gasteiger partial charge in [-0.25, -0.2) is 4.98 Å². The van der Waals surface area contributed by atoms with Crippen molar-refractivity contribution in [1.82, 2.24) is 4.98 Å². The van der Waals surface area contributed by atoms with Crippen LogP contribution in [0.4, 0.5) is 0 Å². The summed E-state index contributed by atoms with van der Waals surface area (Å²) in [4.78, 5) is 4.52. The number of nitrogens with zero attached hydrogens (tertiary/aromatic N) is 1. The largest absolute Gasteiger partial charge is 0.327 e. The van der Waals surface area contributed by atoms with E-state index in [4.69, 9.17) is 5.73 Å². The number of rotatable bonds is 3. The second-order valence-electron chi connectivity index (χ2n) is 5.38. The highest BCUT2D eigenvalue weighted by Crippen LogP contribution is 2.38. The van der Waals surface area contributed by atoms with Gasteiger partial charge in [-0.3, -0.25) is 0 Å². The summed E-state index contributed by atoms with van der Waals surface area (Å²) in [5.74, 6) is 0. The molecule has 90 valence electrons. The standard InChI is InChI=1S/C13H22N2S/c1-10-15-11(9-16-10)8-12(14)13(2)6-4-3-5-7-13/h9,12H,3-8,14H2,1-2H3. The minimum Gasteiger partial charge on any atom is -0.327 e. The molecule has 3 heteroatoms. The maximum absolute atomic E-state index is 6.39. The van der Waals surface area contributed by atoms with E-state index in [-0.39, 0.29) is 6.04 Å². The average Bonchev–Trinajstić information content (AvgIpc) is 2.65. The van der Waals surface area contributed by atoms with Gasteiger partial charge in [0.1, 0.15) is 0 Å². The molecule has 1 saturated carbocycles. The van der Waals surface area contributed by atoms with Crippen LogP contribution in [-0.2, 0) is 6.42 Å². The molecule has 1 aromatic rings. The van der Waals surface area contributed by atoms with Crippen LogP contribution < -0.4 is 5.73 Å². The SMILES string of the molecule is Cc1nc(CC(N)C2(C)CCCCC2)cs1. The highest BCUT2D eigenvalue weighted by atomic mass is 32.1. The Hall–Kier alpha value is -0.410. The molecule has 0 aromatic carbocycles. The molecule has 1 heterocycles. The van der Waals surface area contributed by atoms with E-state index in [1.165, 1.54) is 37.8 Å². The Labute approximate surface area is 102 Å². The molecule has 1 aliphatic carbocycles. The van der Waals surface area contributed by atoms with Gasteiger partial charge in [0, 0.05) is 17.8 Å².